The summed E-state index contributed by atoms with van der Waals surface area (Å²) in [7, 11) is 0. The van der Waals surface area contributed by atoms with Crippen molar-refractivity contribution in [2.45, 2.75) is 70.4 Å². The summed E-state index contributed by atoms with van der Waals surface area (Å²) in [5.74, 6) is 0.387. The number of hydrogen-bond acceptors (Lipinski definition) is 6. The van der Waals surface area contributed by atoms with Crippen LogP contribution in [0.25, 0.3) is 21.5 Å². The van der Waals surface area contributed by atoms with Crippen molar-refractivity contribution >= 4 is 28.1 Å². The molecule has 5 rings (SSSR count). The van der Waals surface area contributed by atoms with E-state index in [0.29, 0.717) is 18.0 Å². The second-order valence-electron chi connectivity index (χ2n) is 8.89. The van der Waals surface area contributed by atoms with Crippen molar-refractivity contribution in [3.05, 3.63) is 35.2 Å². The maximum atomic E-state index is 13.2. The van der Waals surface area contributed by atoms with Crippen LogP contribution in [0.15, 0.2) is 24.5 Å². The van der Waals surface area contributed by atoms with E-state index in [-0.39, 0.29) is 30.8 Å². The molecule has 1 unspecified atom stereocenters. The molecule has 0 N–H and O–H groups in total. The maximum absolute atomic E-state index is 13.2. The molecule has 9 heteroatoms. The molecule has 168 valence electrons. The molecule has 0 radical (unpaired) electrons. The number of rotatable bonds is 6. The molecule has 3 aromatic heterocycles. The Bertz CT molecular complexity index is 1120. The van der Waals surface area contributed by atoms with Crippen LogP contribution < -0.4 is 0 Å². The summed E-state index contributed by atoms with van der Waals surface area (Å²) in [5, 5.41) is 10.9. The highest BCUT2D eigenvalue weighted by Gasteiger charge is 2.42. The van der Waals surface area contributed by atoms with Crippen molar-refractivity contribution in [3.63, 3.8) is 0 Å². The van der Waals surface area contributed by atoms with Crippen LogP contribution in [-0.4, -0.2) is 49.5 Å². The average Bonchev–Trinajstić information content (AvgIpc) is 3.32. The zero-order valence-electron chi connectivity index (χ0n) is 17.9. The van der Waals surface area contributed by atoms with Crippen LogP contribution in [0.3, 0.4) is 0 Å². The molecule has 1 amide bonds. The first-order chi connectivity index (χ1) is 15.5. The van der Waals surface area contributed by atoms with Crippen molar-refractivity contribution in [1.82, 2.24) is 25.1 Å². The van der Waals surface area contributed by atoms with E-state index in [1.807, 2.05) is 24.0 Å². The molecule has 5 heterocycles. The van der Waals surface area contributed by atoms with Crippen LogP contribution in [0.5, 0.6) is 0 Å². The number of amides is 1. The third-order valence-electron chi connectivity index (χ3n) is 6.64. The SMILES string of the molecule is Cc1nnc(-c2cnc3cnc(CC(=O)N4[C@@H]5CC[C@H]4CC(CCC(F)F)C5)cc3c2)s1. The largest absolute Gasteiger partial charge is 0.336 e. The van der Waals surface area contributed by atoms with E-state index in [2.05, 4.69) is 20.2 Å². The van der Waals surface area contributed by atoms with Gasteiger partial charge in [0, 0.05) is 35.7 Å². The molecule has 0 saturated carbocycles. The first kappa shape index (κ1) is 21.3. The molecule has 2 bridgehead atoms. The minimum Gasteiger partial charge on any atom is -0.336 e. The Kier molecular flexibility index (Phi) is 5.84. The number of nitrogens with zero attached hydrogens (tertiary/aromatic N) is 5. The van der Waals surface area contributed by atoms with Crippen molar-refractivity contribution < 1.29 is 13.6 Å². The average molecular weight is 458 g/mol. The molecule has 32 heavy (non-hydrogen) atoms. The minimum atomic E-state index is -2.24. The zero-order chi connectivity index (χ0) is 22.2. The fraction of sp³-hybridized carbons (Fsp3) is 0.522. The van der Waals surface area contributed by atoms with E-state index >= 15 is 0 Å². The molecule has 2 aliphatic heterocycles. The van der Waals surface area contributed by atoms with Gasteiger partial charge in [0.05, 0.1) is 23.8 Å². The van der Waals surface area contributed by atoms with E-state index in [1.54, 1.807) is 12.4 Å². The number of aryl methyl sites for hydroxylation is 1. The van der Waals surface area contributed by atoms with Gasteiger partial charge in [-0.3, -0.25) is 14.8 Å². The first-order valence-electron chi connectivity index (χ1n) is 11.1. The standard InChI is InChI=1S/C23H25F2N5OS/c1-13-28-29-23(32-13)16-8-15-9-17(26-12-20(15)27-11-16)10-22(31)30-18-3-4-19(30)7-14(6-18)2-5-21(24)25/h8-9,11-12,14,18-19,21H,2-7,10H2,1H3/t14?,18-,19+. The topological polar surface area (TPSA) is 71.9 Å². The van der Waals surface area contributed by atoms with Crippen molar-refractivity contribution in [2.75, 3.05) is 0 Å². The molecule has 6 nitrogen and oxygen atoms in total. The Morgan fingerprint density at radius 2 is 1.94 bits per heavy atom. The van der Waals surface area contributed by atoms with Gasteiger partial charge in [-0.2, -0.15) is 0 Å². The van der Waals surface area contributed by atoms with E-state index in [4.69, 9.17) is 0 Å². The van der Waals surface area contributed by atoms with Gasteiger partial charge in [-0.15, -0.1) is 10.2 Å². The fourth-order valence-electron chi connectivity index (χ4n) is 5.24. The van der Waals surface area contributed by atoms with E-state index < -0.39 is 6.43 Å². The fourth-order valence-corrected chi connectivity index (χ4v) is 5.92. The Labute approximate surface area is 189 Å². The molecule has 0 aromatic carbocycles. The third kappa shape index (κ3) is 4.35. The first-order valence-corrected chi connectivity index (χ1v) is 11.9. The van der Waals surface area contributed by atoms with Crippen LogP contribution >= 0.6 is 11.3 Å². The summed E-state index contributed by atoms with van der Waals surface area (Å²) in [6.45, 7) is 1.91. The Morgan fingerprint density at radius 3 is 2.62 bits per heavy atom. The summed E-state index contributed by atoms with van der Waals surface area (Å²) in [6.07, 6.45) is 5.63. The number of hydrogen-bond donors (Lipinski definition) is 0. The number of carbonyl (C=O) groups excluding carboxylic acids is 1. The zero-order valence-corrected chi connectivity index (χ0v) is 18.7. The van der Waals surface area contributed by atoms with Gasteiger partial charge in [0.15, 0.2) is 0 Å². The lowest BCUT2D eigenvalue weighted by Crippen LogP contribution is -2.47. The second-order valence-corrected chi connectivity index (χ2v) is 10.1. The van der Waals surface area contributed by atoms with E-state index in [1.165, 1.54) is 11.3 Å². The molecular weight excluding hydrogens is 432 g/mol. The Hall–Kier alpha value is -2.55. The van der Waals surface area contributed by atoms with Crippen molar-refractivity contribution in [2.24, 2.45) is 5.92 Å². The van der Waals surface area contributed by atoms with Gasteiger partial charge >= 0.3 is 0 Å². The highest BCUT2D eigenvalue weighted by atomic mass is 32.1. The molecule has 2 fully saturated rings. The van der Waals surface area contributed by atoms with Crippen LogP contribution in [0.1, 0.15) is 49.2 Å². The number of halogens is 2. The molecule has 3 aromatic rings. The van der Waals surface area contributed by atoms with E-state index in [9.17, 15) is 13.6 Å². The molecule has 2 aliphatic rings. The normalized spacial score (nSPS) is 22.8. The summed E-state index contributed by atoms with van der Waals surface area (Å²) in [5.41, 5.74) is 2.38. The Morgan fingerprint density at radius 1 is 1.16 bits per heavy atom. The van der Waals surface area contributed by atoms with Gasteiger partial charge < -0.3 is 4.90 Å². The number of alkyl halides is 2. The molecule has 0 aliphatic carbocycles. The lowest BCUT2D eigenvalue weighted by Gasteiger charge is -2.39. The second kappa shape index (κ2) is 8.77. The minimum absolute atomic E-state index is 0.0360. The smallest absolute Gasteiger partial charge is 0.238 e. The van der Waals surface area contributed by atoms with Crippen LogP contribution in [0.2, 0.25) is 0 Å². The monoisotopic (exact) mass is 457 g/mol. The molecule has 2 saturated heterocycles. The number of aromatic nitrogens is 4. The van der Waals surface area contributed by atoms with Crippen molar-refractivity contribution in [3.8, 4) is 10.6 Å². The van der Waals surface area contributed by atoms with Gasteiger partial charge in [-0.05, 0) is 57.1 Å². The van der Waals surface area contributed by atoms with Gasteiger partial charge in [-0.25, -0.2) is 8.78 Å². The third-order valence-corrected chi connectivity index (χ3v) is 7.53. The Balaban J connectivity index is 1.29. The number of carbonyl (C=O) groups is 1. The van der Waals surface area contributed by atoms with Gasteiger partial charge in [-0.1, -0.05) is 11.3 Å². The quantitative estimate of drug-likeness (QED) is 0.531. The molecular formula is C23H25F2N5OS. The molecule has 3 atom stereocenters. The van der Waals surface area contributed by atoms with Gasteiger partial charge in [0.25, 0.3) is 0 Å². The number of piperidine rings is 1. The summed E-state index contributed by atoms with van der Waals surface area (Å²) < 4.78 is 25.2. The summed E-state index contributed by atoms with van der Waals surface area (Å²) in [6, 6.07) is 4.29. The van der Waals surface area contributed by atoms with Crippen molar-refractivity contribution in [1.29, 1.82) is 0 Å². The number of fused-ring (bicyclic) bond motifs is 3. The van der Waals surface area contributed by atoms with Crippen LogP contribution in [-0.2, 0) is 11.2 Å². The summed E-state index contributed by atoms with van der Waals surface area (Å²) >= 11 is 1.52. The maximum Gasteiger partial charge on any atom is 0.238 e. The number of pyridine rings is 2. The predicted octanol–water partition coefficient (Wildman–Crippen LogP) is 4.81. The highest BCUT2D eigenvalue weighted by molar-refractivity contribution is 7.14. The molecule has 0 spiro atoms. The van der Waals surface area contributed by atoms with Crippen LogP contribution in [0.4, 0.5) is 8.78 Å². The van der Waals surface area contributed by atoms with Crippen LogP contribution in [0, 0.1) is 12.8 Å². The lowest BCUT2D eigenvalue weighted by atomic mass is 9.87. The van der Waals surface area contributed by atoms with Gasteiger partial charge in [0.2, 0.25) is 12.3 Å². The van der Waals surface area contributed by atoms with E-state index in [0.717, 1.165) is 52.2 Å². The highest BCUT2D eigenvalue weighted by Crippen LogP contribution is 2.41. The van der Waals surface area contributed by atoms with Gasteiger partial charge in [0.1, 0.15) is 10.0 Å². The lowest BCUT2D eigenvalue weighted by molar-refractivity contribution is -0.135. The summed E-state index contributed by atoms with van der Waals surface area (Å²) in [4.78, 5) is 24.1. The predicted molar refractivity (Wildman–Crippen MR) is 119 cm³/mol.